The molecule has 0 aliphatic rings. The Hall–Kier alpha value is -2.25. The molecule has 23 heavy (non-hydrogen) atoms. The Balaban J connectivity index is 2.13. The van der Waals surface area contributed by atoms with Crippen molar-refractivity contribution in [1.82, 2.24) is 4.72 Å². The number of ether oxygens (including phenoxy) is 2. The van der Waals surface area contributed by atoms with E-state index in [0.29, 0.717) is 22.3 Å². The molecular weight excluding hydrogens is 342 g/mol. The summed E-state index contributed by atoms with van der Waals surface area (Å²) in [5.41, 5.74) is 0.198. The number of carbonyl (C=O) groups is 1. The van der Waals surface area contributed by atoms with E-state index >= 15 is 0 Å². The second kappa shape index (κ2) is 6.89. The molecule has 8 heteroatoms. The molecule has 0 aliphatic heterocycles. The smallest absolute Gasteiger partial charge is 0.264 e. The molecule has 0 radical (unpaired) electrons. The average molecular weight is 356 g/mol. The van der Waals surface area contributed by atoms with Crippen LogP contribution in [0.15, 0.2) is 42.5 Å². The zero-order valence-corrected chi connectivity index (χ0v) is 13.9. The Morgan fingerprint density at radius 1 is 1.09 bits per heavy atom. The quantitative estimate of drug-likeness (QED) is 0.891. The fraction of sp³-hybridized carbons (Fsp3) is 0.133. The lowest BCUT2D eigenvalue weighted by Crippen LogP contribution is -2.29. The number of halogens is 1. The van der Waals surface area contributed by atoms with Crippen LogP contribution in [-0.2, 0) is 10.0 Å². The number of hydrogen-bond acceptors (Lipinski definition) is 5. The summed E-state index contributed by atoms with van der Waals surface area (Å²) in [6.45, 7) is 0. The zero-order chi connectivity index (χ0) is 17.0. The third-order valence-corrected chi connectivity index (χ3v) is 3.61. The maximum atomic E-state index is 11.7. The van der Waals surface area contributed by atoms with Crippen molar-refractivity contribution in [1.29, 1.82) is 0 Å². The molecule has 0 fully saturated rings. The number of nitrogens with one attached hydrogen (secondary N) is 1. The van der Waals surface area contributed by atoms with Crippen LogP contribution in [0.2, 0.25) is 5.02 Å². The topological polar surface area (TPSA) is 81.7 Å². The summed E-state index contributed by atoms with van der Waals surface area (Å²) in [7, 11) is -2.07. The Labute approximate surface area is 139 Å². The lowest BCUT2D eigenvalue weighted by atomic mass is 10.2. The van der Waals surface area contributed by atoms with E-state index < -0.39 is 15.9 Å². The maximum absolute atomic E-state index is 11.7. The van der Waals surface area contributed by atoms with Gasteiger partial charge in [0.05, 0.1) is 18.4 Å². The van der Waals surface area contributed by atoms with Gasteiger partial charge in [0.1, 0.15) is 17.2 Å². The number of benzene rings is 2. The first-order valence-corrected chi connectivity index (χ1v) is 8.69. The van der Waals surface area contributed by atoms with E-state index in [-0.39, 0.29) is 5.56 Å². The number of methoxy groups -OCH3 is 1. The summed E-state index contributed by atoms with van der Waals surface area (Å²) in [6.07, 6.45) is 0.911. The summed E-state index contributed by atoms with van der Waals surface area (Å²) < 4.78 is 34.6. The first kappa shape index (κ1) is 17.1. The monoisotopic (exact) mass is 355 g/mol. The number of hydrogen-bond donors (Lipinski definition) is 1. The number of amides is 1. The van der Waals surface area contributed by atoms with Gasteiger partial charge in [0, 0.05) is 11.6 Å². The summed E-state index contributed by atoms with van der Waals surface area (Å²) in [6, 6.07) is 11.0. The summed E-state index contributed by atoms with van der Waals surface area (Å²) in [5, 5.41) is 0.378. The molecule has 122 valence electrons. The molecule has 0 spiro atoms. The fourth-order valence-electron chi connectivity index (χ4n) is 1.72. The molecule has 0 saturated carbocycles. The molecule has 1 N–H and O–H groups in total. The first-order chi connectivity index (χ1) is 10.8. The van der Waals surface area contributed by atoms with Gasteiger partial charge in [-0.25, -0.2) is 13.1 Å². The van der Waals surface area contributed by atoms with E-state index in [4.69, 9.17) is 21.1 Å². The van der Waals surface area contributed by atoms with Crippen molar-refractivity contribution >= 4 is 27.5 Å². The summed E-state index contributed by atoms with van der Waals surface area (Å²) in [5.74, 6) is 0.783. The highest BCUT2D eigenvalue weighted by Crippen LogP contribution is 2.32. The van der Waals surface area contributed by atoms with Crippen LogP contribution in [0.5, 0.6) is 17.2 Å². The molecule has 0 atom stereocenters. The van der Waals surface area contributed by atoms with Crippen molar-refractivity contribution in [2.45, 2.75) is 0 Å². The van der Waals surface area contributed by atoms with Gasteiger partial charge in [0.2, 0.25) is 10.0 Å². The molecule has 6 nitrogen and oxygen atoms in total. The van der Waals surface area contributed by atoms with Gasteiger partial charge in [0.25, 0.3) is 5.91 Å². The minimum Gasteiger partial charge on any atom is -0.497 e. The van der Waals surface area contributed by atoms with Gasteiger partial charge < -0.3 is 9.47 Å². The highest BCUT2D eigenvalue weighted by Gasteiger charge is 2.11. The van der Waals surface area contributed by atoms with Crippen molar-refractivity contribution in [2.75, 3.05) is 13.4 Å². The van der Waals surface area contributed by atoms with Gasteiger partial charge in [-0.15, -0.1) is 0 Å². The van der Waals surface area contributed by atoms with Crippen LogP contribution in [0.3, 0.4) is 0 Å². The molecule has 1 amide bonds. The predicted molar refractivity (Wildman–Crippen MR) is 86.8 cm³/mol. The molecule has 0 saturated heterocycles. The Morgan fingerprint density at radius 2 is 1.70 bits per heavy atom. The molecule has 2 rings (SSSR count). The van der Waals surface area contributed by atoms with Crippen LogP contribution in [-0.4, -0.2) is 27.7 Å². The van der Waals surface area contributed by atoms with E-state index in [0.717, 1.165) is 6.26 Å². The molecule has 0 heterocycles. The highest BCUT2D eigenvalue weighted by molar-refractivity contribution is 7.89. The predicted octanol–water partition coefficient (Wildman–Crippen LogP) is 2.83. The van der Waals surface area contributed by atoms with Gasteiger partial charge in [-0.05, 0) is 36.4 Å². The van der Waals surface area contributed by atoms with Crippen molar-refractivity contribution in [2.24, 2.45) is 0 Å². The maximum Gasteiger partial charge on any atom is 0.264 e. The zero-order valence-electron chi connectivity index (χ0n) is 12.4. The number of sulfonamides is 1. The van der Waals surface area contributed by atoms with Gasteiger partial charge in [0.15, 0.2) is 0 Å². The fourth-order valence-corrected chi connectivity index (χ4v) is 2.38. The molecule has 2 aromatic rings. The molecule has 2 aromatic carbocycles. The largest absolute Gasteiger partial charge is 0.497 e. The second-order valence-corrected chi connectivity index (χ2v) is 6.78. The molecule has 0 aromatic heterocycles. The van der Waals surface area contributed by atoms with Gasteiger partial charge in [-0.3, -0.25) is 4.79 Å². The van der Waals surface area contributed by atoms with Crippen molar-refractivity contribution < 1.29 is 22.7 Å². The average Bonchev–Trinajstić information content (AvgIpc) is 2.48. The van der Waals surface area contributed by atoms with Crippen LogP contribution in [0, 0.1) is 0 Å². The minimum absolute atomic E-state index is 0.198. The van der Waals surface area contributed by atoms with Gasteiger partial charge >= 0.3 is 0 Å². The summed E-state index contributed by atoms with van der Waals surface area (Å²) >= 11 is 6.08. The second-order valence-electron chi connectivity index (χ2n) is 4.63. The Bertz CT molecular complexity index is 818. The van der Waals surface area contributed by atoms with Crippen LogP contribution in [0.4, 0.5) is 0 Å². The van der Waals surface area contributed by atoms with Crippen LogP contribution >= 0.6 is 11.6 Å². The Kier molecular flexibility index (Phi) is 5.12. The lowest BCUT2D eigenvalue weighted by molar-refractivity contribution is 0.0981. The third kappa shape index (κ3) is 4.87. The SMILES string of the molecule is COc1ccc(Oc2ccc(C(=O)NS(C)(=O)=O)cc2)c(Cl)c1. The standard InChI is InChI=1S/C15H14ClNO5S/c1-21-12-7-8-14(13(16)9-12)22-11-5-3-10(4-6-11)15(18)17-23(2,19)20/h3-9H,1-2H3,(H,17,18). The van der Waals surface area contributed by atoms with Crippen LogP contribution in [0.25, 0.3) is 0 Å². The normalized spacial score (nSPS) is 10.9. The van der Waals surface area contributed by atoms with E-state index in [2.05, 4.69) is 0 Å². The highest BCUT2D eigenvalue weighted by atomic mass is 35.5. The van der Waals surface area contributed by atoms with Crippen molar-refractivity contribution in [3.8, 4) is 17.2 Å². The lowest BCUT2D eigenvalue weighted by Gasteiger charge is -2.09. The Morgan fingerprint density at radius 3 is 2.22 bits per heavy atom. The molecule has 0 aliphatic carbocycles. The summed E-state index contributed by atoms with van der Waals surface area (Å²) in [4.78, 5) is 11.7. The molecular formula is C15H14ClNO5S. The van der Waals surface area contributed by atoms with Gasteiger partial charge in [-0.1, -0.05) is 11.6 Å². The number of carbonyl (C=O) groups excluding carboxylic acids is 1. The van der Waals surface area contributed by atoms with Crippen LogP contribution < -0.4 is 14.2 Å². The van der Waals surface area contributed by atoms with E-state index in [1.807, 2.05) is 4.72 Å². The van der Waals surface area contributed by atoms with E-state index in [1.165, 1.54) is 31.4 Å². The minimum atomic E-state index is -3.60. The van der Waals surface area contributed by atoms with Crippen LogP contribution in [0.1, 0.15) is 10.4 Å². The van der Waals surface area contributed by atoms with Crippen molar-refractivity contribution in [3.63, 3.8) is 0 Å². The van der Waals surface area contributed by atoms with E-state index in [1.54, 1.807) is 18.2 Å². The number of rotatable bonds is 5. The molecule has 0 bridgehead atoms. The van der Waals surface area contributed by atoms with Gasteiger partial charge in [-0.2, -0.15) is 0 Å². The first-order valence-electron chi connectivity index (χ1n) is 6.42. The third-order valence-electron chi connectivity index (χ3n) is 2.76. The van der Waals surface area contributed by atoms with E-state index in [9.17, 15) is 13.2 Å². The molecule has 0 unspecified atom stereocenters. The van der Waals surface area contributed by atoms with Crippen molar-refractivity contribution in [3.05, 3.63) is 53.1 Å².